The van der Waals surface area contributed by atoms with E-state index in [2.05, 4.69) is 10.2 Å². The van der Waals surface area contributed by atoms with Gasteiger partial charge in [-0.1, -0.05) is 11.8 Å². The first-order chi connectivity index (χ1) is 8.06. The van der Waals surface area contributed by atoms with Crippen LogP contribution in [-0.2, 0) is 4.79 Å². The fourth-order valence-electron chi connectivity index (χ4n) is 1.19. The summed E-state index contributed by atoms with van der Waals surface area (Å²) in [5.74, 6) is 0.523. The molecule has 1 aromatic heterocycles. The molecule has 1 aliphatic carbocycles. The minimum atomic E-state index is -0.869. The Morgan fingerprint density at radius 1 is 1.53 bits per heavy atom. The number of nitrogens with zero attached hydrogens (tertiary/aromatic N) is 2. The maximum Gasteiger partial charge on any atom is 0.318 e. The number of amides is 3. The predicted octanol–water partition coefficient (Wildman–Crippen LogP) is 0.623. The first-order valence-corrected chi connectivity index (χ1v) is 6.04. The van der Waals surface area contributed by atoms with Crippen LogP contribution in [-0.4, -0.2) is 27.4 Å². The van der Waals surface area contributed by atoms with E-state index in [9.17, 15) is 9.59 Å². The molecule has 1 saturated carbocycles. The number of nitrogens with two attached hydrogens (primary N) is 1. The van der Waals surface area contributed by atoms with Gasteiger partial charge in [0.2, 0.25) is 11.8 Å². The maximum atomic E-state index is 11.4. The van der Waals surface area contributed by atoms with E-state index in [0.29, 0.717) is 17.0 Å². The molecule has 1 aromatic rings. The van der Waals surface area contributed by atoms with Gasteiger partial charge >= 0.3 is 6.03 Å². The lowest BCUT2D eigenvalue weighted by Gasteiger charge is -2.06. The lowest BCUT2D eigenvalue weighted by molar-refractivity contribution is -0.119. The third-order valence-electron chi connectivity index (χ3n) is 2.24. The zero-order chi connectivity index (χ0) is 12.4. The molecule has 2 rings (SSSR count). The van der Waals surface area contributed by atoms with E-state index in [0.717, 1.165) is 24.6 Å². The third kappa shape index (κ3) is 3.19. The smallest absolute Gasteiger partial charge is 0.318 e. The summed E-state index contributed by atoms with van der Waals surface area (Å²) in [5, 5.41) is 9.53. The highest BCUT2D eigenvalue weighted by molar-refractivity contribution is 8.00. The second-order valence-corrected chi connectivity index (χ2v) is 5.09. The summed E-state index contributed by atoms with van der Waals surface area (Å²) in [6.45, 7) is 1.63. The number of aromatic nitrogens is 2. The molecule has 8 heteroatoms. The number of thioether (sulfide) groups is 1. The van der Waals surface area contributed by atoms with E-state index in [1.807, 2.05) is 5.32 Å². The molecule has 0 spiro atoms. The summed E-state index contributed by atoms with van der Waals surface area (Å²) < 4.78 is 5.38. The molecule has 0 saturated heterocycles. The average molecular weight is 256 g/mol. The van der Waals surface area contributed by atoms with Gasteiger partial charge in [-0.25, -0.2) is 4.79 Å². The Balaban J connectivity index is 1.90. The van der Waals surface area contributed by atoms with Gasteiger partial charge in [0.05, 0.1) is 5.25 Å². The van der Waals surface area contributed by atoms with Crippen LogP contribution in [0.2, 0.25) is 0 Å². The summed E-state index contributed by atoms with van der Waals surface area (Å²) in [6, 6.07) is -0.869. The molecule has 0 unspecified atom stereocenters. The van der Waals surface area contributed by atoms with Gasteiger partial charge < -0.3 is 10.2 Å². The van der Waals surface area contributed by atoms with E-state index < -0.39 is 17.2 Å². The Hall–Kier alpha value is -1.57. The molecule has 92 valence electrons. The highest BCUT2D eigenvalue weighted by Gasteiger charge is 2.30. The number of nitrogens with one attached hydrogen (secondary N) is 1. The summed E-state index contributed by atoms with van der Waals surface area (Å²) >= 11 is 1.10. The number of carbonyl (C=O) groups excluding carboxylic acids is 2. The standard InChI is InChI=1S/C9H12N4O3S/c1-4(6(14)11-8(10)15)17-9-13-12-7(16-9)5-2-3-5/h4-5H,2-3H2,1H3,(H3,10,11,14,15)/t4-/m0/s1. The molecule has 0 bridgehead atoms. The number of primary amides is 1. The van der Waals surface area contributed by atoms with Gasteiger partial charge in [-0.2, -0.15) is 0 Å². The van der Waals surface area contributed by atoms with Gasteiger partial charge in [0, 0.05) is 5.92 Å². The number of urea groups is 1. The minimum absolute atomic E-state index is 0.332. The van der Waals surface area contributed by atoms with E-state index in [-0.39, 0.29) is 0 Å². The van der Waals surface area contributed by atoms with Crippen LogP contribution >= 0.6 is 11.8 Å². The van der Waals surface area contributed by atoms with Crippen LogP contribution in [0.5, 0.6) is 0 Å². The Labute approximate surface area is 102 Å². The van der Waals surface area contributed by atoms with E-state index in [1.165, 1.54) is 0 Å². The molecule has 7 nitrogen and oxygen atoms in total. The van der Waals surface area contributed by atoms with Gasteiger partial charge in [0.15, 0.2) is 0 Å². The molecule has 1 fully saturated rings. The molecule has 1 atom stereocenters. The van der Waals surface area contributed by atoms with Gasteiger partial charge in [0.25, 0.3) is 5.22 Å². The van der Waals surface area contributed by atoms with E-state index in [1.54, 1.807) is 6.92 Å². The van der Waals surface area contributed by atoms with Crippen molar-refractivity contribution in [3.63, 3.8) is 0 Å². The second-order valence-electron chi connectivity index (χ2n) is 3.79. The van der Waals surface area contributed by atoms with E-state index in [4.69, 9.17) is 10.2 Å². The van der Waals surface area contributed by atoms with Gasteiger partial charge in [-0.3, -0.25) is 10.1 Å². The number of carbonyl (C=O) groups is 2. The van der Waals surface area contributed by atoms with Gasteiger partial charge in [0.1, 0.15) is 0 Å². The Morgan fingerprint density at radius 2 is 2.24 bits per heavy atom. The topological polar surface area (TPSA) is 111 Å². The summed E-state index contributed by atoms with van der Waals surface area (Å²) in [5.41, 5.74) is 4.85. The summed E-state index contributed by atoms with van der Waals surface area (Å²) in [4.78, 5) is 21.9. The Kier molecular flexibility index (Phi) is 3.32. The van der Waals surface area contributed by atoms with Crippen LogP contribution in [0.25, 0.3) is 0 Å². The fraction of sp³-hybridized carbons (Fsp3) is 0.556. The van der Waals surface area contributed by atoms with Crippen molar-refractivity contribution in [3.05, 3.63) is 5.89 Å². The van der Waals surface area contributed by atoms with Crippen molar-refractivity contribution in [2.45, 2.75) is 36.2 Å². The SMILES string of the molecule is C[C@H](Sc1nnc(C2CC2)o1)C(=O)NC(N)=O. The average Bonchev–Trinajstić information content (AvgIpc) is 2.99. The molecule has 17 heavy (non-hydrogen) atoms. The van der Waals surface area contributed by atoms with Crippen LogP contribution in [0, 0.1) is 0 Å². The van der Waals surface area contributed by atoms with Crippen LogP contribution in [0.1, 0.15) is 31.6 Å². The number of hydrogen-bond donors (Lipinski definition) is 2. The van der Waals surface area contributed by atoms with Gasteiger partial charge in [-0.05, 0) is 19.8 Å². The van der Waals surface area contributed by atoms with E-state index >= 15 is 0 Å². The van der Waals surface area contributed by atoms with Crippen molar-refractivity contribution in [1.82, 2.24) is 15.5 Å². The molecular formula is C9H12N4O3S. The Bertz CT molecular complexity index is 443. The third-order valence-corrected chi connectivity index (χ3v) is 3.18. The zero-order valence-electron chi connectivity index (χ0n) is 9.17. The van der Waals surface area contributed by atoms with Crippen LogP contribution in [0.15, 0.2) is 9.64 Å². The van der Waals surface area contributed by atoms with Crippen molar-refractivity contribution in [2.75, 3.05) is 0 Å². The van der Waals surface area contributed by atoms with Crippen molar-refractivity contribution < 1.29 is 14.0 Å². The lowest BCUT2D eigenvalue weighted by Crippen LogP contribution is -2.39. The largest absolute Gasteiger partial charge is 0.416 e. The highest BCUT2D eigenvalue weighted by atomic mass is 32.2. The van der Waals surface area contributed by atoms with Crippen LogP contribution in [0.3, 0.4) is 0 Å². The zero-order valence-corrected chi connectivity index (χ0v) is 9.99. The lowest BCUT2D eigenvalue weighted by atomic mass is 10.4. The van der Waals surface area contributed by atoms with Crippen molar-refractivity contribution in [3.8, 4) is 0 Å². The number of hydrogen-bond acceptors (Lipinski definition) is 6. The molecule has 1 aliphatic rings. The molecule has 0 radical (unpaired) electrons. The normalized spacial score (nSPS) is 16.5. The number of rotatable bonds is 4. The quantitative estimate of drug-likeness (QED) is 0.764. The van der Waals surface area contributed by atoms with Crippen molar-refractivity contribution in [1.29, 1.82) is 0 Å². The minimum Gasteiger partial charge on any atom is -0.416 e. The first-order valence-electron chi connectivity index (χ1n) is 5.16. The van der Waals surface area contributed by atoms with Crippen molar-refractivity contribution >= 4 is 23.7 Å². The maximum absolute atomic E-state index is 11.4. The first kappa shape index (κ1) is 11.9. The monoisotopic (exact) mass is 256 g/mol. The highest BCUT2D eigenvalue weighted by Crippen LogP contribution is 2.40. The number of imide groups is 1. The van der Waals surface area contributed by atoms with Crippen LogP contribution in [0.4, 0.5) is 4.79 Å². The molecule has 0 aliphatic heterocycles. The summed E-state index contributed by atoms with van der Waals surface area (Å²) in [6.07, 6.45) is 2.15. The summed E-state index contributed by atoms with van der Waals surface area (Å²) in [7, 11) is 0. The molecular weight excluding hydrogens is 244 g/mol. The molecule has 3 N–H and O–H groups in total. The molecule has 3 amide bonds. The molecule has 0 aromatic carbocycles. The van der Waals surface area contributed by atoms with Gasteiger partial charge in [-0.15, -0.1) is 10.2 Å². The van der Waals surface area contributed by atoms with Crippen molar-refractivity contribution in [2.24, 2.45) is 5.73 Å². The second kappa shape index (κ2) is 4.74. The fourth-order valence-corrected chi connectivity index (χ4v) is 1.88. The van der Waals surface area contributed by atoms with Crippen LogP contribution < -0.4 is 11.1 Å². The predicted molar refractivity (Wildman–Crippen MR) is 59.3 cm³/mol. The molecule has 1 heterocycles. The Morgan fingerprint density at radius 3 is 2.82 bits per heavy atom.